The van der Waals surface area contributed by atoms with Crippen LogP contribution in [0.4, 0.5) is 4.39 Å². The van der Waals surface area contributed by atoms with Crippen molar-refractivity contribution in [3.63, 3.8) is 0 Å². The van der Waals surface area contributed by atoms with Gasteiger partial charge in [-0.15, -0.1) is 6.42 Å². The maximum Gasteiger partial charge on any atom is 0.396 e. The molecule has 0 saturated carbocycles. The highest BCUT2D eigenvalue weighted by atomic mass is 32.1. The van der Waals surface area contributed by atoms with Crippen LogP contribution in [-0.4, -0.2) is 36.7 Å². The standard InChI is InChI=1S/C26H30B2FN2O5PS.2C2H6/c1-8-14-12-31(23(38)30-22(14)32)19-10-9-18(34-19)26(27,28)36-37-33-13-15-20(29)16(24(2,3)4)11-17(21(15)35-37)25(5,6)7;2*1-2/h1,11-12,18-19H,9-10,13H2,2-7H3,(H,30,32,38);2*1-2H3. The summed E-state index contributed by atoms with van der Waals surface area (Å²) in [6.45, 7) is 19.9. The first-order valence-corrected chi connectivity index (χ1v) is 15.7. The van der Waals surface area contributed by atoms with Crippen LogP contribution in [0.5, 0.6) is 5.75 Å². The average Bonchev–Trinajstić information content (AvgIpc) is 3.41. The van der Waals surface area contributed by atoms with E-state index in [0.29, 0.717) is 29.7 Å². The third-order valence-electron chi connectivity index (χ3n) is 6.57. The van der Waals surface area contributed by atoms with Crippen molar-refractivity contribution in [2.75, 3.05) is 0 Å². The highest BCUT2D eigenvalue weighted by Crippen LogP contribution is 2.54. The zero-order valence-electron chi connectivity index (χ0n) is 26.4. The molecule has 0 bridgehead atoms. The molecular weight excluding hydrogens is 572 g/mol. The smallest absolute Gasteiger partial charge is 0.396 e. The monoisotopic (exact) mass is 614 g/mol. The van der Waals surface area contributed by atoms with Crippen LogP contribution in [0, 0.1) is 22.9 Å². The summed E-state index contributed by atoms with van der Waals surface area (Å²) in [5.74, 6) is 2.36. The minimum atomic E-state index is -2.06. The van der Waals surface area contributed by atoms with Gasteiger partial charge in [-0.05, 0) is 47.5 Å². The summed E-state index contributed by atoms with van der Waals surface area (Å²) in [5.41, 5.74) is 0.697. The normalized spacial score (nSPS) is 20.2. The van der Waals surface area contributed by atoms with Crippen LogP contribution in [0.2, 0.25) is 0 Å². The molecule has 4 radical (unpaired) electrons. The molecule has 3 atom stereocenters. The minimum Gasteiger partial charge on any atom is -0.426 e. The van der Waals surface area contributed by atoms with E-state index in [0.717, 1.165) is 5.56 Å². The molecule has 7 nitrogen and oxygen atoms in total. The van der Waals surface area contributed by atoms with Gasteiger partial charge < -0.3 is 13.8 Å². The van der Waals surface area contributed by atoms with Gasteiger partial charge in [0.15, 0.2) is 4.77 Å². The first-order valence-electron chi connectivity index (χ1n) is 14.2. The predicted octanol–water partition coefficient (Wildman–Crippen LogP) is 7.19. The molecule has 226 valence electrons. The van der Waals surface area contributed by atoms with Gasteiger partial charge in [0.25, 0.3) is 5.56 Å². The number of fused-ring (bicyclic) bond motifs is 1. The molecule has 2 aliphatic rings. The van der Waals surface area contributed by atoms with E-state index >= 15 is 4.39 Å². The highest BCUT2D eigenvalue weighted by molar-refractivity contribution is 7.71. The number of aromatic amines is 1. The molecule has 1 fully saturated rings. The number of hydrogen-bond donors (Lipinski definition) is 1. The predicted molar refractivity (Wildman–Crippen MR) is 171 cm³/mol. The van der Waals surface area contributed by atoms with Gasteiger partial charge in [0.1, 0.15) is 39.1 Å². The summed E-state index contributed by atoms with van der Waals surface area (Å²) >= 11 is 5.27. The lowest BCUT2D eigenvalue weighted by atomic mass is 9.61. The van der Waals surface area contributed by atoms with Crippen LogP contribution >= 0.6 is 20.8 Å². The SMILES string of the molecule is CC.CC.[B]C([B])(OP1OCc2c(F)c(C(C)(C)C)cc(C(C)(C)C)c2O1)C1CCC(n2cc(C#C)c(=O)[nH]c2=S)O1. The summed E-state index contributed by atoms with van der Waals surface area (Å²) in [6, 6.07) is 1.86. The van der Waals surface area contributed by atoms with Gasteiger partial charge in [0.05, 0.1) is 18.3 Å². The fraction of sp³-hybridized carbons (Fsp3) is 0.600. The number of ether oxygens (including phenoxy) is 1. The fourth-order valence-corrected chi connectivity index (χ4v) is 5.82. The number of hydrogen-bond acceptors (Lipinski definition) is 6. The van der Waals surface area contributed by atoms with Crippen molar-refractivity contribution in [1.82, 2.24) is 9.55 Å². The molecule has 1 aromatic carbocycles. The molecule has 3 unspecified atom stereocenters. The highest BCUT2D eigenvalue weighted by Gasteiger charge is 2.43. The third-order valence-corrected chi connectivity index (χ3v) is 8.02. The molecule has 0 aliphatic carbocycles. The molecule has 3 heterocycles. The van der Waals surface area contributed by atoms with E-state index in [-0.39, 0.29) is 28.2 Å². The Hall–Kier alpha value is -1.95. The van der Waals surface area contributed by atoms with E-state index in [4.69, 9.17) is 52.6 Å². The molecule has 4 rings (SSSR count). The zero-order valence-corrected chi connectivity index (χ0v) is 28.1. The number of nitrogens with zero attached hydrogens (tertiary/aromatic N) is 1. The second-order valence-electron chi connectivity index (χ2n) is 11.6. The Bertz CT molecular complexity index is 1410. The summed E-state index contributed by atoms with van der Waals surface area (Å²) < 4.78 is 41.1. The molecule has 2 aromatic rings. The van der Waals surface area contributed by atoms with E-state index in [1.54, 1.807) is 4.57 Å². The Labute approximate surface area is 259 Å². The lowest BCUT2D eigenvalue weighted by Crippen LogP contribution is -2.45. The number of terminal acetylenes is 1. The van der Waals surface area contributed by atoms with E-state index in [1.807, 2.05) is 75.3 Å². The van der Waals surface area contributed by atoms with E-state index in [2.05, 4.69) is 10.9 Å². The van der Waals surface area contributed by atoms with Gasteiger partial charge in [-0.3, -0.25) is 18.9 Å². The van der Waals surface area contributed by atoms with Crippen LogP contribution in [0.3, 0.4) is 0 Å². The van der Waals surface area contributed by atoms with Crippen LogP contribution in [0.15, 0.2) is 17.1 Å². The molecule has 12 heteroatoms. The largest absolute Gasteiger partial charge is 0.426 e. The number of aromatic nitrogens is 2. The number of benzene rings is 1. The Kier molecular flexibility index (Phi) is 12.3. The van der Waals surface area contributed by atoms with Crippen LogP contribution in [-0.2, 0) is 31.2 Å². The average molecular weight is 614 g/mol. The van der Waals surface area contributed by atoms with Crippen molar-refractivity contribution in [3.05, 3.63) is 55.5 Å². The molecule has 1 N–H and O–H groups in total. The minimum absolute atomic E-state index is 0.0501. The lowest BCUT2D eigenvalue weighted by molar-refractivity contribution is -0.0463. The number of halogens is 1. The van der Waals surface area contributed by atoms with Gasteiger partial charge in [0.2, 0.25) is 0 Å². The first kappa shape index (κ1) is 36.2. The topological polar surface area (TPSA) is 74.7 Å². The summed E-state index contributed by atoms with van der Waals surface area (Å²) in [4.78, 5) is 14.5. The van der Waals surface area contributed by atoms with E-state index in [9.17, 15) is 4.79 Å². The number of nitrogens with one attached hydrogen (secondary N) is 1. The maximum absolute atomic E-state index is 15.5. The van der Waals surface area contributed by atoms with E-state index < -0.39 is 37.3 Å². The molecule has 0 amide bonds. The van der Waals surface area contributed by atoms with Crippen LogP contribution in [0.1, 0.15) is 111 Å². The summed E-state index contributed by atoms with van der Waals surface area (Å²) in [5, 5.41) is -1.79. The maximum atomic E-state index is 15.5. The van der Waals surface area contributed by atoms with Crippen molar-refractivity contribution >= 4 is 36.5 Å². The lowest BCUT2D eigenvalue weighted by Gasteiger charge is -2.38. The fourth-order valence-electron chi connectivity index (χ4n) is 4.44. The van der Waals surface area contributed by atoms with Crippen molar-refractivity contribution in [2.24, 2.45) is 0 Å². The van der Waals surface area contributed by atoms with Crippen molar-refractivity contribution in [2.45, 2.75) is 117 Å². The number of rotatable bonds is 4. The second-order valence-corrected chi connectivity index (χ2v) is 13.1. The van der Waals surface area contributed by atoms with Gasteiger partial charge in [-0.1, -0.05) is 75.2 Å². The molecule has 2 aliphatic heterocycles. The van der Waals surface area contributed by atoms with Gasteiger partial charge in [0, 0.05) is 17.2 Å². The summed E-state index contributed by atoms with van der Waals surface area (Å²) in [7, 11) is 10.6. The van der Waals surface area contributed by atoms with Gasteiger partial charge in [-0.2, -0.15) is 0 Å². The van der Waals surface area contributed by atoms with Gasteiger partial charge >= 0.3 is 8.60 Å². The van der Waals surface area contributed by atoms with Crippen LogP contribution < -0.4 is 10.1 Å². The molecule has 1 aromatic heterocycles. The first-order chi connectivity index (χ1) is 19.5. The molecule has 42 heavy (non-hydrogen) atoms. The Morgan fingerprint density at radius 3 is 2.26 bits per heavy atom. The van der Waals surface area contributed by atoms with Crippen molar-refractivity contribution in [3.8, 4) is 18.1 Å². The third kappa shape index (κ3) is 7.95. The molecular formula is C30H42B2FN2O5PS. The summed E-state index contributed by atoms with van der Waals surface area (Å²) in [6.07, 6.45) is 6.48. The quantitative estimate of drug-likeness (QED) is 0.170. The molecule has 1 saturated heterocycles. The van der Waals surface area contributed by atoms with E-state index in [1.165, 1.54) is 6.20 Å². The second kappa shape index (κ2) is 14.2. The Morgan fingerprint density at radius 2 is 1.71 bits per heavy atom. The Balaban J connectivity index is 0.00000148. The Morgan fingerprint density at radius 1 is 1.12 bits per heavy atom. The van der Waals surface area contributed by atoms with Crippen LogP contribution in [0.25, 0.3) is 0 Å². The molecule has 0 spiro atoms. The van der Waals surface area contributed by atoms with Crippen molar-refractivity contribution < 1.29 is 22.7 Å². The van der Waals surface area contributed by atoms with Crippen molar-refractivity contribution in [1.29, 1.82) is 0 Å². The number of H-pyrrole nitrogens is 1. The zero-order chi connectivity index (χ0) is 32.2. The van der Waals surface area contributed by atoms with Gasteiger partial charge in [-0.25, -0.2) is 4.39 Å².